The lowest BCUT2D eigenvalue weighted by Crippen LogP contribution is -2.37. The maximum Gasteiger partial charge on any atom is 0.319 e. The van der Waals surface area contributed by atoms with Crippen molar-refractivity contribution in [3.05, 3.63) is 29.3 Å². The molecule has 20 heavy (non-hydrogen) atoms. The number of aryl methyl sites for hydroxylation is 1. The number of hydrogen-bond acceptors (Lipinski definition) is 4. The van der Waals surface area contributed by atoms with Crippen LogP contribution in [0.3, 0.4) is 0 Å². The van der Waals surface area contributed by atoms with E-state index >= 15 is 0 Å². The molecule has 0 heterocycles. The summed E-state index contributed by atoms with van der Waals surface area (Å²) in [4.78, 5) is 24.7. The van der Waals surface area contributed by atoms with Crippen molar-refractivity contribution in [3.8, 4) is 5.75 Å². The average molecular weight is 278 g/mol. The highest BCUT2D eigenvalue weighted by molar-refractivity contribution is 6.12. The zero-order valence-corrected chi connectivity index (χ0v) is 12.8. The Morgan fingerprint density at radius 3 is 2.35 bits per heavy atom. The third-order valence-corrected chi connectivity index (χ3v) is 3.59. The van der Waals surface area contributed by atoms with E-state index < -0.39 is 11.4 Å². The molecular weight excluding hydrogens is 256 g/mol. The van der Waals surface area contributed by atoms with Gasteiger partial charge in [0.15, 0.2) is 5.78 Å². The zero-order chi connectivity index (χ0) is 15.3. The fraction of sp³-hybridized carbons (Fsp3) is 0.500. The Bertz CT molecular complexity index is 507. The molecule has 0 bridgehead atoms. The molecule has 1 rings (SSSR count). The normalized spacial score (nSPS) is 13.4. The van der Waals surface area contributed by atoms with E-state index in [1.165, 1.54) is 0 Å². The number of rotatable bonds is 6. The molecule has 0 aliphatic carbocycles. The van der Waals surface area contributed by atoms with Crippen LogP contribution < -0.4 is 4.74 Å². The highest BCUT2D eigenvalue weighted by atomic mass is 16.5. The summed E-state index contributed by atoms with van der Waals surface area (Å²) < 4.78 is 10.2. The fourth-order valence-electron chi connectivity index (χ4n) is 2.03. The van der Waals surface area contributed by atoms with Gasteiger partial charge in [-0.2, -0.15) is 0 Å². The first-order valence-electron chi connectivity index (χ1n) is 6.77. The van der Waals surface area contributed by atoms with Crippen molar-refractivity contribution >= 4 is 11.8 Å². The average Bonchev–Trinajstić information content (AvgIpc) is 2.45. The van der Waals surface area contributed by atoms with Gasteiger partial charge >= 0.3 is 5.97 Å². The quantitative estimate of drug-likeness (QED) is 0.455. The maximum absolute atomic E-state index is 12.6. The number of benzene rings is 1. The van der Waals surface area contributed by atoms with E-state index in [9.17, 15) is 9.59 Å². The molecule has 4 nitrogen and oxygen atoms in total. The van der Waals surface area contributed by atoms with Crippen molar-refractivity contribution in [3.63, 3.8) is 0 Å². The highest BCUT2D eigenvalue weighted by Gasteiger charge is 2.41. The number of carbonyl (C=O) groups is 2. The zero-order valence-electron chi connectivity index (χ0n) is 12.8. The third kappa shape index (κ3) is 3.00. The summed E-state index contributed by atoms with van der Waals surface area (Å²) in [6.07, 6.45) is 0.399. The van der Waals surface area contributed by atoms with Gasteiger partial charge in [0, 0.05) is 5.56 Å². The van der Waals surface area contributed by atoms with Gasteiger partial charge in [0.2, 0.25) is 0 Å². The predicted octanol–water partition coefficient (Wildman–Crippen LogP) is 3.17. The number of ketones is 1. The van der Waals surface area contributed by atoms with Gasteiger partial charge in [0.1, 0.15) is 11.2 Å². The summed E-state index contributed by atoms with van der Waals surface area (Å²) in [5, 5.41) is 0. The number of carbonyl (C=O) groups excluding carboxylic acids is 2. The lowest BCUT2D eigenvalue weighted by Gasteiger charge is -2.24. The largest absolute Gasteiger partial charge is 0.496 e. The van der Waals surface area contributed by atoms with Crippen LogP contribution in [0.15, 0.2) is 18.2 Å². The molecule has 110 valence electrons. The standard InChI is InChI=1S/C16H22O4/c1-6-16(4,15(18)20-7-2)14(17)12-8-9-13(19-5)11(3)10-12/h8-10H,6-7H2,1-5H3. The van der Waals surface area contributed by atoms with Gasteiger partial charge < -0.3 is 9.47 Å². The second kappa shape index (κ2) is 6.55. The van der Waals surface area contributed by atoms with Crippen LogP contribution in [0.1, 0.15) is 43.1 Å². The molecule has 0 aliphatic heterocycles. The highest BCUT2D eigenvalue weighted by Crippen LogP contribution is 2.30. The Labute approximate surface area is 120 Å². The van der Waals surface area contributed by atoms with Crippen molar-refractivity contribution in [2.75, 3.05) is 13.7 Å². The van der Waals surface area contributed by atoms with E-state index in [4.69, 9.17) is 9.47 Å². The minimum Gasteiger partial charge on any atom is -0.496 e. The topological polar surface area (TPSA) is 52.6 Å². The lowest BCUT2D eigenvalue weighted by molar-refractivity contribution is -0.151. The van der Waals surface area contributed by atoms with Crippen molar-refractivity contribution in [1.29, 1.82) is 0 Å². The minimum atomic E-state index is -1.14. The van der Waals surface area contributed by atoms with Gasteiger partial charge in [0.05, 0.1) is 13.7 Å². The molecule has 1 aromatic carbocycles. The Kier molecular flexibility index (Phi) is 5.31. The molecule has 0 N–H and O–H groups in total. The Morgan fingerprint density at radius 2 is 1.90 bits per heavy atom. The number of hydrogen-bond donors (Lipinski definition) is 0. The fourth-order valence-corrected chi connectivity index (χ4v) is 2.03. The molecule has 4 heteroatoms. The number of esters is 1. The summed E-state index contributed by atoms with van der Waals surface area (Å²) in [7, 11) is 1.58. The molecule has 0 radical (unpaired) electrons. The summed E-state index contributed by atoms with van der Waals surface area (Å²) in [6.45, 7) is 7.31. The SMILES string of the molecule is CCOC(=O)C(C)(CC)C(=O)c1ccc(OC)c(C)c1. The second-order valence-electron chi connectivity index (χ2n) is 4.92. The van der Waals surface area contributed by atoms with E-state index in [0.29, 0.717) is 12.0 Å². The molecule has 0 aromatic heterocycles. The molecule has 0 saturated carbocycles. The number of methoxy groups -OCH3 is 1. The van der Waals surface area contributed by atoms with Crippen LogP contribution in [-0.2, 0) is 9.53 Å². The molecule has 0 saturated heterocycles. The Morgan fingerprint density at radius 1 is 1.25 bits per heavy atom. The molecule has 0 fully saturated rings. The van der Waals surface area contributed by atoms with Crippen LogP contribution in [0.5, 0.6) is 5.75 Å². The molecule has 0 spiro atoms. The Balaban J connectivity index is 3.14. The first kappa shape index (κ1) is 16.2. The summed E-state index contributed by atoms with van der Waals surface area (Å²) in [6, 6.07) is 5.17. The molecule has 0 amide bonds. The number of Topliss-reactive ketones (excluding diaryl/α,β-unsaturated/α-hetero) is 1. The first-order chi connectivity index (χ1) is 9.40. The van der Waals surface area contributed by atoms with Gasteiger partial charge in [-0.05, 0) is 51.0 Å². The van der Waals surface area contributed by atoms with Crippen molar-refractivity contribution in [1.82, 2.24) is 0 Å². The summed E-state index contributed by atoms with van der Waals surface area (Å²) in [5.41, 5.74) is 0.221. The summed E-state index contributed by atoms with van der Waals surface area (Å²) >= 11 is 0. The van der Waals surface area contributed by atoms with Crippen LogP contribution in [-0.4, -0.2) is 25.5 Å². The molecule has 1 unspecified atom stereocenters. The Hall–Kier alpha value is -1.84. The van der Waals surface area contributed by atoms with E-state index in [0.717, 1.165) is 11.3 Å². The van der Waals surface area contributed by atoms with E-state index in [-0.39, 0.29) is 12.4 Å². The smallest absolute Gasteiger partial charge is 0.319 e. The van der Waals surface area contributed by atoms with Gasteiger partial charge in [-0.15, -0.1) is 0 Å². The van der Waals surface area contributed by atoms with Crippen LogP contribution in [0.4, 0.5) is 0 Å². The van der Waals surface area contributed by atoms with E-state index in [1.807, 2.05) is 13.8 Å². The van der Waals surface area contributed by atoms with Crippen molar-refractivity contribution in [2.24, 2.45) is 5.41 Å². The van der Waals surface area contributed by atoms with Gasteiger partial charge in [0.25, 0.3) is 0 Å². The van der Waals surface area contributed by atoms with Gasteiger partial charge in [-0.3, -0.25) is 9.59 Å². The van der Waals surface area contributed by atoms with Crippen LogP contribution in [0.2, 0.25) is 0 Å². The summed E-state index contributed by atoms with van der Waals surface area (Å²) in [5.74, 6) is 0.0288. The lowest BCUT2D eigenvalue weighted by atomic mass is 9.79. The minimum absolute atomic E-state index is 0.218. The first-order valence-corrected chi connectivity index (χ1v) is 6.77. The molecule has 1 atom stereocenters. The van der Waals surface area contributed by atoms with Gasteiger partial charge in [-0.1, -0.05) is 6.92 Å². The van der Waals surface area contributed by atoms with Crippen molar-refractivity contribution < 1.29 is 19.1 Å². The molecular formula is C16H22O4. The number of ether oxygens (including phenoxy) is 2. The van der Waals surface area contributed by atoms with E-state index in [2.05, 4.69) is 0 Å². The van der Waals surface area contributed by atoms with Crippen molar-refractivity contribution in [2.45, 2.75) is 34.1 Å². The second-order valence-corrected chi connectivity index (χ2v) is 4.92. The third-order valence-electron chi connectivity index (χ3n) is 3.59. The predicted molar refractivity (Wildman–Crippen MR) is 77.1 cm³/mol. The van der Waals surface area contributed by atoms with Crippen LogP contribution >= 0.6 is 0 Å². The van der Waals surface area contributed by atoms with Crippen LogP contribution in [0, 0.1) is 12.3 Å². The molecule has 0 aliphatic rings. The maximum atomic E-state index is 12.6. The van der Waals surface area contributed by atoms with Gasteiger partial charge in [-0.25, -0.2) is 0 Å². The monoisotopic (exact) mass is 278 g/mol. The van der Waals surface area contributed by atoms with E-state index in [1.54, 1.807) is 39.2 Å². The van der Waals surface area contributed by atoms with Crippen LogP contribution in [0.25, 0.3) is 0 Å². The molecule has 1 aromatic rings.